The Hall–Kier alpha value is -1.59. The summed E-state index contributed by atoms with van der Waals surface area (Å²) in [6.07, 6.45) is -2.94. The molecule has 20 heavy (non-hydrogen) atoms. The minimum Gasteiger partial charge on any atom is -0.337 e. The number of nitrogens with zero attached hydrogens (tertiary/aromatic N) is 1. The molecule has 110 valence electrons. The van der Waals surface area contributed by atoms with E-state index in [4.69, 9.17) is 0 Å². The Balaban J connectivity index is 1.96. The zero-order valence-corrected chi connectivity index (χ0v) is 10.7. The van der Waals surface area contributed by atoms with Gasteiger partial charge in [0.15, 0.2) is 0 Å². The first-order valence-electron chi connectivity index (χ1n) is 6.43. The van der Waals surface area contributed by atoms with Crippen molar-refractivity contribution in [2.45, 2.75) is 31.1 Å². The van der Waals surface area contributed by atoms with Crippen LogP contribution in [-0.2, 0) is 4.79 Å². The first kappa shape index (κ1) is 14.8. The van der Waals surface area contributed by atoms with E-state index in [9.17, 15) is 22.4 Å². The number of hydrogen-bond donors (Lipinski definition) is 0. The summed E-state index contributed by atoms with van der Waals surface area (Å²) in [5.41, 5.74) is 1.08. The van der Waals surface area contributed by atoms with Crippen molar-refractivity contribution in [1.29, 1.82) is 0 Å². The molecule has 0 atom stereocenters. The maximum absolute atomic E-state index is 13.0. The predicted octanol–water partition coefficient (Wildman–Crippen LogP) is 3.29. The molecule has 1 aromatic carbocycles. The number of alkyl halides is 4. The van der Waals surface area contributed by atoms with Crippen LogP contribution in [0.3, 0.4) is 0 Å². The van der Waals surface area contributed by atoms with Crippen LogP contribution in [-0.4, -0.2) is 36.2 Å². The molecule has 0 unspecified atom stereocenters. The zero-order valence-electron chi connectivity index (χ0n) is 10.7. The highest BCUT2D eigenvalue weighted by atomic mass is 19.3. The Kier molecular flexibility index (Phi) is 4.30. The van der Waals surface area contributed by atoms with Gasteiger partial charge < -0.3 is 4.90 Å². The molecule has 1 aromatic rings. The van der Waals surface area contributed by atoms with Crippen molar-refractivity contribution < 1.29 is 22.4 Å². The van der Waals surface area contributed by atoms with Gasteiger partial charge >= 0.3 is 12.3 Å². The van der Waals surface area contributed by atoms with Crippen LogP contribution in [0.5, 0.6) is 0 Å². The van der Waals surface area contributed by atoms with Gasteiger partial charge in [-0.1, -0.05) is 30.3 Å². The van der Waals surface area contributed by atoms with E-state index in [0.717, 1.165) is 10.5 Å². The third-order valence-corrected chi connectivity index (χ3v) is 3.61. The van der Waals surface area contributed by atoms with E-state index in [1.165, 1.54) is 0 Å². The maximum Gasteiger partial charge on any atom is 0.383 e. The van der Waals surface area contributed by atoms with E-state index in [0.29, 0.717) is 12.8 Å². The fraction of sp³-hybridized carbons (Fsp3) is 0.500. The van der Waals surface area contributed by atoms with E-state index in [2.05, 4.69) is 0 Å². The number of likely N-dealkylation sites (tertiary alicyclic amines) is 1. The molecule has 2 rings (SSSR count). The molecular weight excluding hydrogens is 274 g/mol. The highest BCUT2D eigenvalue weighted by Gasteiger charge is 2.51. The van der Waals surface area contributed by atoms with Crippen molar-refractivity contribution in [2.75, 3.05) is 13.1 Å². The van der Waals surface area contributed by atoms with Gasteiger partial charge in [0.25, 0.3) is 5.91 Å². The topological polar surface area (TPSA) is 20.3 Å². The number of carbonyl (C=O) groups excluding carboxylic acids is 1. The first-order valence-corrected chi connectivity index (χ1v) is 6.43. The van der Waals surface area contributed by atoms with E-state index in [1.54, 1.807) is 0 Å². The number of carbonyl (C=O) groups is 1. The smallest absolute Gasteiger partial charge is 0.337 e. The summed E-state index contributed by atoms with van der Waals surface area (Å²) >= 11 is 0. The highest BCUT2D eigenvalue weighted by molar-refractivity contribution is 5.84. The van der Waals surface area contributed by atoms with Crippen molar-refractivity contribution in [3.8, 4) is 0 Å². The van der Waals surface area contributed by atoms with Gasteiger partial charge in [-0.05, 0) is 24.3 Å². The molecule has 1 fully saturated rings. The van der Waals surface area contributed by atoms with Crippen LogP contribution < -0.4 is 0 Å². The molecule has 0 saturated carbocycles. The molecule has 0 aromatic heterocycles. The molecule has 1 heterocycles. The van der Waals surface area contributed by atoms with Gasteiger partial charge in [-0.2, -0.15) is 8.78 Å². The third kappa shape index (κ3) is 2.94. The van der Waals surface area contributed by atoms with Crippen LogP contribution in [0.1, 0.15) is 24.3 Å². The van der Waals surface area contributed by atoms with Crippen LogP contribution in [0, 0.1) is 0 Å². The van der Waals surface area contributed by atoms with Crippen molar-refractivity contribution in [3.05, 3.63) is 35.9 Å². The van der Waals surface area contributed by atoms with Crippen molar-refractivity contribution in [1.82, 2.24) is 4.90 Å². The van der Waals surface area contributed by atoms with Gasteiger partial charge in [0.2, 0.25) is 0 Å². The molecule has 1 aliphatic heterocycles. The van der Waals surface area contributed by atoms with E-state index < -0.39 is 18.3 Å². The fourth-order valence-corrected chi connectivity index (χ4v) is 2.45. The largest absolute Gasteiger partial charge is 0.383 e. The van der Waals surface area contributed by atoms with Gasteiger partial charge in [-0.15, -0.1) is 0 Å². The normalized spacial score (nSPS) is 17.6. The van der Waals surface area contributed by atoms with E-state index in [1.807, 2.05) is 30.3 Å². The highest BCUT2D eigenvalue weighted by Crippen LogP contribution is 2.31. The Morgan fingerprint density at radius 3 is 2.20 bits per heavy atom. The molecule has 1 saturated heterocycles. The SMILES string of the molecule is O=C(N1CCC(c2ccccc2)CC1)C(F)(F)C(F)F. The summed E-state index contributed by atoms with van der Waals surface area (Å²) in [7, 11) is 0. The molecule has 0 spiro atoms. The molecule has 0 radical (unpaired) electrons. The quantitative estimate of drug-likeness (QED) is 0.782. The van der Waals surface area contributed by atoms with Crippen LogP contribution in [0.25, 0.3) is 0 Å². The summed E-state index contributed by atoms with van der Waals surface area (Å²) in [6, 6.07) is 9.53. The molecule has 6 heteroatoms. The average molecular weight is 289 g/mol. The lowest BCUT2D eigenvalue weighted by Gasteiger charge is -2.34. The lowest BCUT2D eigenvalue weighted by Crippen LogP contribution is -2.50. The second-order valence-electron chi connectivity index (χ2n) is 4.90. The number of rotatable bonds is 3. The fourth-order valence-electron chi connectivity index (χ4n) is 2.45. The van der Waals surface area contributed by atoms with Crippen molar-refractivity contribution in [2.24, 2.45) is 0 Å². The molecule has 0 aliphatic carbocycles. The van der Waals surface area contributed by atoms with Crippen LogP contribution in [0.4, 0.5) is 17.6 Å². The minimum absolute atomic E-state index is 0.0840. The van der Waals surface area contributed by atoms with Crippen LogP contribution in [0.15, 0.2) is 30.3 Å². The molecule has 1 aliphatic rings. The minimum atomic E-state index is -4.58. The number of amides is 1. The second kappa shape index (κ2) is 5.81. The summed E-state index contributed by atoms with van der Waals surface area (Å²) in [4.78, 5) is 12.2. The molecule has 0 N–H and O–H groups in total. The molecule has 1 amide bonds. The molecule has 2 nitrogen and oxygen atoms in total. The van der Waals surface area contributed by atoms with Crippen LogP contribution >= 0.6 is 0 Å². The van der Waals surface area contributed by atoms with Gasteiger partial charge in [-0.25, -0.2) is 8.78 Å². The van der Waals surface area contributed by atoms with Gasteiger partial charge in [-0.3, -0.25) is 4.79 Å². The first-order chi connectivity index (χ1) is 9.43. The summed E-state index contributed by atoms with van der Waals surface area (Å²) in [6.45, 7) is 0.168. The van der Waals surface area contributed by atoms with Crippen molar-refractivity contribution >= 4 is 5.91 Å². The third-order valence-electron chi connectivity index (χ3n) is 3.61. The standard InChI is InChI=1S/C14H15F4NO/c15-12(16)14(17,18)13(20)19-8-6-11(7-9-19)10-4-2-1-3-5-10/h1-5,11-12H,6-9H2. The Morgan fingerprint density at radius 2 is 1.70 bits per heavy atom. The van der Waals surface area contributed by atoms with Crippen molar-refractivity contribution in [3.63, 3.8) is 0 Å². The number of halogens is 4. The number of piperidine rings is 1. The Bertz CT molecular complexity index is 456. The Morgan fingerprint density at radius 1 is 1.15 bits per heavy atom. The zero-order chi connectivity index (χ0) is 14.8. The number of benzene rings is 1. The monoisotopic (exact) mass is 289 g/mol. The maximum atomic E-state index is 13.0. The lowest BCUT2D eigenvalue weighted by atomic mass is 9.89. The molecular formula is C14H15F4NO. The lowest BCUT2D eigenvalue weighted by molar-refractivity contribution is -0.181. The van der Waals surface area contributed by atoms with E-state index in [-0.39, 0.29) is 19.0 Å². The van der Waals surface area contributed by atoms with Gasteiger partial charge in [0, 0.05) is 13.1 Å². The average Bonchev–Trinajstić information content (AvgIpc) is 2.47. The summed E-state index contributed by atoms with van der Waals surface area (Å²) < 4.78 is 50.3. The van der Waals surface area contributed by atoms with E-state index >= 15 is 0 Å². The predicted molar refractivity (Wildman–Crippen MR) is 65.9 cm³/mol. The van der Waals surface area contributed by atoms with Gasteiger partial charge in [0.1, 0.15) is 0 Å². The van der Waals surface area contributed by atoms with Crippen LogP contribution in [0.2, 0.25) is 0 Å². The number of hydrogen-bond acceptors (Lipinski definition) is 1. The van der Waals surface area contributed by atoms with Gasteiger partial charge in [0.05, 0.1) is 0 Å². The molecule has 0 bridgehead atoms. The Labute approximate surface area is 114 Å². The second-order valence-corrected chi connectivity index (χ2v) is 4.90. The summed E-state index contributed by atoms with van der Waals surface area (Å²) in [5, 5.41) is 0. The summed E-state index contributed by atoms with van der Waals surface area (Å²) in [5.74, 6) is -6.17.